The SMILES string of the molecule is C#CC#CC#CC#CC#CC#CC#CC#CC#C.c1ccc(-c2cnco2)cc1. The Morgan fingerprint density at radius 1 is 0.586 bits per heavy atom. The number of terminal acetylenes is 2. The molecule has 2 heteroatoms. The molecule has 2 nitrogen and oxygen atoms in total. The predicted octanol–water partition coefficient (Wildman–Crippen LogP) is 2.62. The minimum absolute atomic E-state index is 0.811. The van der Waals surface area contributed by atoms with Gasteiger partial charge in [0.2, 0.25) is 0 Å². The molecule has 128 valence electrons. The minimum atomic E-state index is 0.811. The molecule has 0 aliphatic carbocycles. The number of nitrogens with zero attached hydrogens (tertiary/aromatic N) is 1. The molecule has 0 fully saturated rings. The monoisotopic (exact) mass is 363 g/mol. The van der Waals surface area contributed by atoms with Crippen LogP contribution >= 0.6 is 0 Å². The van der Waals surface area contributed by atoms with Crippen molar-refractivity contribution in [1.82, 2.24) is 4.98 Å². The number of oxazole rings is 1. The average Bonchev–Trinajstić information content (AvgIpc) is 3.30. The molecule has 0 N–H and O–H groups in total. The van der Waals surface area contributed by atoms with E-state index >= 15 is 0 Å². The molecule has 29 heavy (non-hydrogen) atoms. The van der Waals surface area contributed by atoms with Gasteiger partial charge in [-0.15, -0.1) is 12.8 Å². The minimum Gasteiger partial charge on any atom is -0.444 e. The molecule has 2 rings (SSSR count). The number of aromatic nitrogens is 1. The summed E-state index contributed by atoms with van der Waals surface area (Å²) < 4.78 is 5.11. The van der Waals surface area contributed by atoms with E-state index in [9.17, 15) is 0 Å². The summed E-state index contributed by atoms with van der Waals surface area (Å²) in [6.45, 7) is 0. The third-order valence-corrected chi connectivity index (χ3v) is 2.45. The first-order valence-corrected chi connectivity index (χ1v) is 7.73. The van der Waals surface area contributed by atoms with Crippen LogP contribution in [0, 0.1) is 108 Å². The molecule has 0 spiro atoms. The summed E-state index contributed by atoms with van der Waals surface area (Å²) in [6, 6.07) is 9.89. The van der Waals surface area contributed by atoms with Gasteiger partial charge >= 0.3 is 0 Å². The number of rotatable bonds is 1. The van der Waals surface area contributed by atoms with Crippen molar-refractivity contribution >= 4 is 0 Å². The van der Waals surface area contributed by atoms with E-state index in [1.165, 1.54) is 6.39 Å². The third kappa shape index (κ3) is 11.6. The Morgan fingerprint density at radius 3 is 1.34 bits per heavy atom. The summed E-state index contributed by atoms with van der Waals surface area (Å²) >= 11 is 0. The van der Waals surface area contributed by atoms with E-state index in [1.807, 2.05) is 30.3 Å². The fraction of sp³-hybridized carbons (Fsp3) is 0. The standard InChI is InChI=1S/C18H2.C9H7NO/c1-3-5-7-9-11-13-15-17-18-16-14-12-10-8-6-4-2;1-2-4-8(5-3-1)9-6-10-7-11-9/h1-2H;1-7H. The molecule has 0 unspecified atom stereocenters. The van der Waals surface area contributed by atoms with Gasteiger partial charge < -0.3 is 4.42 Å². The first-order valence-electron chi connectivity index (χ1n) is 7.73. The molecule has 0 radical (unpaired) electrons. The molecule has 1 heterocycles. The van der Waals surface area contributed by atoms with E-state index < -0.39 is 0 Å². The van der Waals surface area contributed by atoms with Crippen LogP contribution in [0.2, 0.25) is 0 Å². The van der Waals surface area contributed by atoms with Crippen molar-refractivity contribution in [3.63, 3.8) is 0 Å². The zero-order chi connectivity index (χ0) is 20.8. The normalized spacial score (nSPS) is 6.00. The van der Waals surface area contributed by atoms with Gasteiger partial charge in [-0.05, 0) is 94.7 Å². The van der Waals surface area contributed by atoms with Crippen LogP contribution in [-0.4, -0.2) is 4.98 Å². The van der Waals surface area contributed by atoms with Crippen LogP contribution in [-0.2, 0) is 0 Å². The van der Waals surface area contributed by atoms with Gasteiger partial charge in [0, 0.05) is 5.56 Å². The van der Waals surface area contributed by atoms with Crippen LogP contribution < -0.4 is 0 Å². The Hall–Kier alpha value is -5.53. The van der Waals surface area contributed by atoms with Gasteiger partial charge in [0.15, 0.2) is 12.2 Å². The van der Waals surface area contributed by atoms with Crippen molar-refractivity contribution in [3.8, 4) is 119 Å². The van der Waals surface area contributed by atoms with Gasteiger partial charge in [0.25, 0.3) is 0 Å². The summed E-state index contributed by atoms with van der Waals surface area (Å²) in [5.74, 6) is 39.0. The van der Waals surface area contributed by atoms with E-state index in [0.717, 1.165) is 11.3 Å². The fourth-order valence-electron chi connectivity index (χ4n) is 1.41. The van der Waals surface area contributed by atoms with Gasteiger partial charge in [-0.3, -0.25) is 0 Å². The first kappa shape index (κ1) is 21.5. The molecule has 0 saturated carbocycles. The van der Waals surface area contributed by atoms with E-state index in [2.05, 4.69) is 99.7 Å². The lowest BCUT2D eigenvalue weighted by atomic mass is 10.2. The second-order valence-corrected chi connectivity index (χ2v) is 4.27. The van der Waals surface area contributed by atoms with Crippen LogP contribution in [0.4, 0.5) is 0 Å². The lowest BCUT2D eigenvalue weighted by Gasteiger charge is -1.91. The Kier molecular flexibility index (Phi) is 11.8. The highest BCUT2D eigenvalue weighted by atomic mass is 16.3. The summed E-state index contributed by atoms with van der Waals surface area (Å²) in [5.41, 5.74) is 1.06. The maximum atomic E-state index is 5.11. The largest absolute Gasteiger partial charge is 0.444 e. The van der Waals surface area contributed by atoms with Crippen LogP contribution in [0.1, 0.15) is 0 Å². The van der Waals surface area contributed by atoms with Crippen molar-refractivity contribution in [2.24, 2.45) is 0 Å². The second-order valence-electron chi connectivity index (χ2n) is 4.27. The summed E-state index contributed by atoms with van der Waals surface area (Å²) in [6.07, 6.45) is 12.9. The number of hydrogen-bond acceptors (Lipinski definition) is 2. The lowest BCUT2D eigenvalue weighted by Crippen LogP contribution is -1.69. The van der Waals surface area contributed by atoms with E-state index in [-0.39, 0.29) is 0 Å². The quantitative estimate of drug-likeness (QED) is 0.728. The highest BCUT2D eigenvalue weighted by Crippen LogP contribution is 2.16. The Balaban J connectivity index is 0.000000321. The molecule has 1 aromatic heterocycles. The van der Waals surface area contributed by atoms with Gasteiger partial charge in [-0.25, -0.2) is 4.98 Å². The van der Waals surface area contributed by atoms with E-state index in [0.29, 0.717) is 0 Å². The Morgan fingerprint density at radius 2 is 1.00 bits per heavy atom. The van der Waals surface area contributed by atoms with Gasteiger partial charge in [0.1, 0.15) is 0 Å². The molecule has 0 atom stereocenters. The van der Waals surface area contributed by atoms with Gasteiger partial charge in [-0.1, -0.05) is 30.3 Å². The van der Waals surface area contributed by atoms with Crippen LogP contribution in [0.5, 0.6) is 0 Å². The molecule has 1 aromatic carbocycles. The van der Waals surface area contributed by atoms with Crippen LogP contribution in [0.15, 0.2) is 47.3 Å². The topological polar surface area (TPSA) is 26.0 Å². The zero-order valence-electron chi connectivity index (χ0n) is 15.1. The Bertz CT molecular complexity index is 1260. The lowest BCUT2D eigenvalue weighted by molar-refractivity contribution is 0.572. The molecule has 0 bridgehead atoms. The smallest absolute Gasteiger partial charge is 0.181 e. The predicted molar refractivity (Wildman–Crippen MR) is 114 cm³/mol. The van der Waals surface area contributed by atoms with Crippen LogP contribution in [0.25, 0.3) is 11.3 Å². The second kappa shape index (κ2) is 16.0. The van der Waals surface area contributed by atoms with Crippen molar-refractivity contribution in [3.05, 3.63) is 42.9 Å². The number of benzene rings is 1. The van der Waals surface area contributed by atoms with Gasteiger partial charge in [0.05, 0.1) is 6.20 Å². The average molecular weight is 363 g/mol. The van der Waals surface area contributed by atoms with Gasteiger partial charge in [-0.2, -0.15) is 0 Å². The van der Waals surface area contributed by atoms with Crippen molar-refractivity contribution < 1.29 is 4.42 Å². The van der Waals surface area contributed by atoms with Crippen molar-refractivity contribution in [1.29, 1.82) is 0 Å². The highest BCUT2D eigenvalue weighted by molar-refractivity contribution is 5.55. The fourth-order valence-corrected chi connectivity index (χ4v) is 1.41. The maximum Gasteiger partial charge on any atom is 0.181 e. The van der Waals surface area contributed by atoms with Crippen molar-refractivity contribution in [2.75, 3.05) is 0 Å². The summed E-state index contributed by atoms with van der Waals surface area (Å²) in [4.78, 5) is 3.83. The molecule has 0 aliphatic heterocycles. The molecule has 0 saturated heterocycles. The molecule has 2 aromatic rings. The third-order valence-electron chi connectivity index (χ3n) is 2.45. The van der Waals surface area contributed by atoms with E-state index in [4.69, 9.17) is 17.3 Å². The Labute approximate surface area is 171 Å². The molecule has 0 amide bonds. The number of hydrogen-bond donors (Lipinski definition) is 0. The molecular formula is C27H9NO. The maximum absolute atomic E-state index is 5.11. The summed E-state index contributed by atoms with van der Waals surface area (Å²) in [5, 5.41) is 0. The summed E-state index contributed by atoms with van der Waals surface area (Å²) in [7, 11) is 0. The van der Waals surface area contributed by atoms with Crippen molar-refractivity contribution in [2.45, 2.75) is 0 Å². The van der Waals surface area contributed by atoms with Crippen LogP contribution in [0.3, 0.4) is 0 Å². The zero-order valence-corrected chi connectivity index (χ0v) is 15.1. The highest BCUT2D eigenvalue weighted by Gasteiger charge is 1.97. The molecule has 0 aliphatic rings. The first-order chi connectivity index (χ1) is 14.4. The molecular weight excluding hydrogens is 354 g/mol. The van der Waals surface area contributed by atoms with E-state index in [1.54, 1.807) is 6.20 Å².